The molecule has 0 unspecified atom stereocenters. The molecule has 0 aliphatic carbocycles. The first-order valence-corrected chi connectivity index (χ1v) is 5.29. The maximum absolute atomic E-state index is 11.4. The fraction of sp³-hybridized carbons (Fsp3) is 0.333. The van der Waals surface area contributed by atoms with Crippen LogP contribution in [0.5, 0.6) is 5.75 Å². The van der Waals surface area contributed by atoms with Gasteiger partial charge in [0.2, 0.25) is 5.91 Å². The quantitative estimate of drug-likeness (QED) is 0.502. The van der Waals surface area contributed by atoms with Gasteiger partial charge in [-0.1, -0.05) is 19.9 Å². The first-order chi connectivity index (χ1) is 7.91. The van der Waals surface area contributed by atoms with Gasteiger partial charge in [0, 0.05) is 6.92 Å². The molecule has 0 radical (unpaired) electrons. The summed E-state index contributed by atoms with van der Waals surface area (Å²) in [6.45, 7) is 4.85. The Morgan fingerprint density at radius 2 is 1.94 bits per heavy atom. The van der Waals surface area contributed by atoms with Crippen LogP contribution in [0.2, 0.25) is 0 Å². The van der Waals surface area contributed by atoms with E-state index in [9.17, 15) is 9.59 Å². The lowest BCUT2D eigenvalue weighted by molar-refractivity contribution is -0.137. The Morgan fingerprint density at radius 3 is 2.44 bits per heavy atom. The number of anilines is 2. The number of carbonyl (C=O) groups excluding carboxylic acids is 2. The highest BCUT2D eigenvalue weighted by Gasteiger charge is 2.13. The number of hydrogen-bond acceptors (Lipinski definition) is 4. The van der Waals surface area contributed by atoms with E-state index in [4.69, 9.17) is 10.5 Å². The number of amides is 1. The molecule has 0 aliphatic rings. The molecule has 1 amide bonds. The molecule has 0 aromatic heterocycles. The van der Waals surface area contributed by atoms with Gasteiger partial charge in [0.25, 0.3) is 0 Å². The fourth-order valence-corrected chi connectivity index (χ4v) is 1.16. The summed E-state index contributed by atoms with van der Waals surface area (Å²) >= 11 is 0. The summed E-state index contributed by atoms with van der Waals surface area (Å²) in [5.41, 5.74) is 6.47. The van der Waals surface area contributed by atoms with E-state index in [0.717, 1.165) is 0 Å². The number of rotatable bonds is 3. The monoisotopic (exact) mass is 272 g/mol. The molecule has 1 aromatic carbocycles. The average molecular weight is 273 g/mol. The van der Waals surface area contributed by atoms with Gasteiger partial charge in [-0.05, 0) is 12.1 Å². The fourth-order valence-electron chi connectivity index (χ4n) is 1.16. The first kappa shape index (κ1) is 16.2. The molecule has 0 heterocycles. The highest BCUT2D eigenvalue weighted by Crippen LogP contribution is 2.29. The summed E-state index contributed by atoms with van der Waals surface area (Å²) in [5.74, 6) is -0.575. The van der Waals surface area contributed by atoms with Crippen LogP contribution in [0.4, 0.5) is 11.4 Å². The van der Waals surface area contributed by atoms with Crippen LogP contribution >= 0.6 is 12.4 Å². The smallest absolute Gasteiger partial charge is 0.313 e. The molecule has 0 atom stereocenters. The van der Waals surface area contributed by atoms with Gasteiger partial charge >= 0.3 is 5.97 Å². The van der Waals surface area contributed by atoms with Gasteiger partial charge < -0.3 is 15.8 Å². The number of ether oxygens (including phenoxy) is 1. The molecule has 0 fully saturated rings. The van der Waals surface area contributed by atoms with Gasteiger partial charge in [0.1, 0.15) is 0 Å². The highest BCUT2D eigenvalue weighted by atomic mass is 35.5. The van der Waals surface area contributed by atoms with E-state index in [-0.39, 0.29) is 41.6 Å². The molecule has 1 aromatic rings. The Labute approximate surface area is 112 Å². The third-order valence-electron chi connectivity index (χ3n) is 2.06. The second-order valence-corrected chi connectivity index (χ2v) is 3.97. The van der Waals surface area contributed by atoms with Crippen molar-refractivity contribution >= 4 is 35.7 Å². The van der Waals surface area contributed by atoms with Crippen molar-refractivity contribution in [2.75, 3.05) is 11.1 Å². The van der Waals surface area contributed by atoms with E-state index in [0.29, 0.717) is 5.69 Å². The maximum Gasteiger partial charge on any atom is 0.313 e. The first-order valence-electron chi connectivity index (χ1n) is 5.29. The number of nitrogen functional groups attached to an aromatic ring is 1. The summed E-state index contributed by atoms with van der Waals surface area (Å²) in [6, 6.07) is 4.88. The number of carbonyl (C=O) groups is 2. The number of nitrogens with two attached hydrogens (primary N) is 1. The van der Waals surface area contributed by atoms with E-state index in [1.807, 2.05) is 0 Å². The van der Waals surface area contributed by atoms with E-state index >= 15 is 0 Å². The molecule has 0 spiro atoms. The molecule has 0 aliphatic heterocycles. The summed E-state index contributed by atoms with van der Waals surface area (Å²) in [7, 11) is 0. The Morgan fingerprint density at radius 1 is 1.33 bits per heavy atom. The summed E-state index contributed by atoms with van der Waals surface area (Å²) in [5, 5.41) is 2.56. The topological polar surface area (TPSA) is 81.4 Å². The zero-order chi connectivity index (χ0) is 13.0. The van der Waals surface area contributed by atoms with E-state index < -0.39 is 0 Å². The Bertz CT molecular complexity index is 447. The SMILES string of the molecule is CC(=O)Nc1cccc(OC(=O)C(C)C)c1N.Cl. The normalized spacial score (nSPS) is 9.56. The van der Waals surface area contributed by atoms with Gasteiger partial charge in [-0.2, -0.15) is 0 Å². The Hall–Kier alpha value is -1.75. The molecule has 0 saturated carbocycles. The lowest BCUT2D eigenvalue weighted by atomic mass is 10.2. The van der Waals surface area contributed by atoms with E-state index in [1.54, 1.807) is 32.0 Å². The summed E-state index contributed by atoms with van der Waals surface area (Å²) < 4.78 is 5.11. The van der Waals surface area contributed by atoms with Gasteiger partial charge in [-0.25, -0.2) is 0 Å². The van der Waals surface area contributed by atoms with Crippen LogP contribution in [0.25, 0.3) is 0 Å². The molecular weight excluding hydrogens is 256 g/mol. The standard InChI is InChI=1S/C12H16N2O3.ClH/c1-7(2)12(16)17-10-6-4-5-9(11(10)13)14-8(3)15;/h4-7H,13H2,1-3H3,(H,14,15);1H. The molecule has 0 saturated heterocycles. The molecule has 1 rings (SSSR count). The largest absolute Gasteiger partial charge is 0.424 e. The van der Waals surface area contributed by atoms with Crippen molar-refractivity contribution in [3.8, 4) is 5.75 Å². The van der Waals surface area contributed by atoms with Crippen molar-refractivity contribution in [1.29, 1.82) is 0 Å². The zero-order valence-electron chi connectivity index (χ0n) is 10.5. The predicted octanol–water partition coefficient (Wildman–Crippen LogP) is 2.21. The lowest BCUT2D eigenvalue weighted by Gasteiger charge is -2.12. The van der Waals surface area contributed by atoms with Crippen molar-refractivity contribution in [1.82, 2.24) is 0 Å². The van der Waals surface area contributed by atoms with Crippen LogP contribution in [-0.4, -0.2) is 11.9 Å². The van der Waals surface area contributed by atoms with Crippen molar-refractivity contribution in [3.63, 3.8) is 0 Å². The van der Waals surface area contributed by atoms with Crippen LogP contribution in [0.3, 0.4) is 0 Å². The van der Waals surface area contributed by atoms with Crippen LogP contribution in [0.15, 0.2) is 18.2 Å². The maximum atomic E-state index is 11.4. The molecule has 6 heteroatoms. The van der Waals surface area contributed by atoms with E-state index in [1.165, 1.54) is 6.92 Å². The molecule has 100 valence electrons. The molecule has 5 nitrogen and oxygen atoms in total. The van der Waals surface area contributed by atoms with Crippen LogP contribution < -0.4 is 15.8 Å². The van der Waals surface area contributed by atoms with Crippen molar-refractivity contribution in [3.05, 3.63) is 18.2 Å². The Balaban J connectivity index is 0.00000289. The van der Waals surface area contributed by atoms with Gasteiger partial charge in [0.05, 0.1) is 17.3 Å². The van der Waals surface area contributed by atoms with Crippen molar-refractivity contribution in [2.45, 2.75) is 20.8 Å². The minimum Gasteiger partial charge on any atom is -0.424 e. The Kier molecular flexibility index (Phi) is 6.19. The minimum atomic E-state index is -0.364. The van der Waals surface area contributed by atoms with Crippen molar-refractivity contribution < 1.29 is 14.3 Å². The van der Waals surface area contributed by atoms with Gasteiger partial charge in [0.15, 0.2) is 5.75 Å². The summed E-state index contributed by atoms with van der Waals surface area (Å²) in [6.07, 6.45) is 0. The van der Waals surface area contributed by atoms with Crippen LogP contribution in [0, 0.1) is 5.92 Å². The van der Waals surface area contributed by atoms with E-state index in [2.05, 4.69) is 5.32 Å². The lowest BCUT2D eigenvalue weighted by Crippen LogP contribution is -2.16. The van der Waals surface area contributed by atoms with Crippen molar-refractivity contribution in [2.24, 2.45) is 5.92 Å². The van der Waals surface area contributed by atoms with Gasteiger partial charge in [-0.15, -0.1) is 12.4 Å². The number of benzene rings is 1. The minimum absolute atomic E-state index is 0. The third kappa shape index (κ3) is 4.25. The molecule has 18 heavy (non-hydrogen) atoms. The zero-order valence-corrected chi connectivity index (χ0v) is 11.3. The number of halogens is 1. The summed E-state index contributed by atoms with van der Waals surface area (Å²) in [4.78, 5) is 22.4. The second-order valence-electron chi connectivity index (χ2n) is 3.97. The van der Waals surface area contributed by atoms with Gasteiger partial charge in [-0.3, -0.25) is 9.59 Å². The second kappa shape index (κ2) is 6.86. The third-order valence-corrected chi connectivity index (χ3v) is 2.06. The highest BCUT2D eigenvalue weighted by molar-refractivity contribution is 5.93. The number of nitrogens with one attached hydrogen (secondary N) is 1. The molecule has 3 N–H and O–H groups in total. The molecular formula is C12H17ClN2O3. The number of para-hydroxylation sites is 1. The van der Waals surface area contributed by atoms with Crippen LogP contribution in [-0.2, 0) is 9.59 Å². The van der Waals surface area contributed by atoms with Crippen LogP contribution in [0.1, 0.15) is 20.8 Å². The number of esters is 1. The molecule has 0 bridgehead atoms. The average Bonchev–Trinajstić information content (AvgIpc) is 2.23. The predicted molar refractivity (Wildman–Crippen MR) is 72.9 cm³/mol. The number of hydrogen-bond donors (Lipinski definition) is 2.